The first-order valence-electron chi connectivity index (χ1n) is 9.05. The van der Waals surface area contributed by atoms with Crippen LogP contribution in [0.2, 0.25) is 0 Å². The minimum atomic E-state index is 0.648. The molecule has 0 spiro atoms. The molecular weight excluding hydrogens is 292 g/mol. The fourth-order valence-electron chi connectivity index (χ4n) is 3.32. The quantitative estimate of drug-likeness (QED) is 0.677. The van der Waals surface area contributed by atoms with Gasteiger partial charge in [-0.25, -0.2) is 0 Å². The Morgan fingerprint density at radius 3 is 2.62 bits per heavy atom. The van der Waals surface area contributed by atoms with E-state index in [1.807, 2.05) is 6.08 Å². The van der Waals surface area contributed by atoms with E-state index in [9.17, 15) is 0 Å². The van der Waals surface area contributed by atoms with Crippen LogP contribution in [0.15, 0.2) is 60.7 Å². The lowest BCUT2D eigenvalue weighted by Crippen LogP contribution is -2.44. The lowest BCUT2D eigenvalue weighted by molar-refractivity contribution is 0.124. The number of likely N-dealkylation sites (tertiary alicyclic amines) is 1. The summed E-state index contributed by atoms with van der Waals surface area (Å²) in [6.45, 7) is 12.6. The molecule has 24 heavy (non-hydrogen) atoms. The summed E-state index contributed by atoms with van der Waals surface area (Å²) < 4.78 is 0. The maximum Gasteiger partial charge on any atom is 0.0242 e. The highest BCUT2D eigenvalue weighted by atomic mass is 15.2. The van der Waals surface area contributed by atoms with Crippen LogP contribution < -0.4 is 0 Å². The lowest BCUT2D eigenvalue weighted by Gasteiger charge is -2.38. The van der Waals surface area contributed by atoms with Crippen molar-refractivity contribution in [1.82, 2.24) is 9.80 Å². The second-order valence-electron chi connectivity index (χ2n) is 6.84. The summed E-state index contributed by atoms with van der Waals surface area (Å²) in [5.74, 6) is 0. The van der Waals surface area contributed by atoms with Gasteiger partial charge in [0.2, 0.25) is 0 Å². The zero-order chi connectivity index (χ0) is 17.4. The molecule has 0 N–H and O–H groups in total. The Labute approximate surface area is 148 Å². The summed E-state index contributed by atoms with van der Waals surface area (Å²) in [5, 5.41) is 0. The molecule has 1 aliphatic rings. The van der Waals surface area contributed by atoms with Crippen molar-refractivity contribution in [2.24, 2.45) is 0 Å². The van der Waals surface area contributed by atoms with Crippen LogP contribution in [-0.4, -0.2) is 42.5 Å². The van der Waals surface area contributed by atoms with E-state index in [0.717, 1.165) is 13.1 Å². The first-order valence-corrected chi connectivity index (χ1v) is 9.05. The van der Waals surface area contributed by atoms with Gasteiger partial charge in [0.15, 0.2) is 0 Å². The number of hydrogen-bond donors (Lipinski definition) is 0. The number of piperidine rings is 1. The SMILES string of the molecule is C=C/C(=C\C=C/C)CN(Cc1ccccc1C)C1CCN(C)CC1. The van der Waals surface area contributed by atoms with Crippen molar-refractivity contribution >= 4 is 0 Å². The fraction of sp³-hybridized carbons (Fsp3) is 0.455. The lowest BCUT2D eigenvalue weighted by atomic mass is 10.0. The van der Waals surface area contributed by atoms with E-state index in [1.165, 1.54) is 42.6 Å². The van der Waals surface area contributed by atoms with E-state index in [0.29, 0.717) is 6.04 Å². The molecule has 0 saturated carbocycles. The minimum Gasteiger partial charge on any atom is -0.306 e. The molecule has 1 saturated heterocycles. The molecule has 1 aromatic carbocycles. The predicted molar refractivity (Wildman–Crippen MR) is 105 cm³/mol. The van der Waals surface area contributed by atoms with Gasteiger partial charge >= 0.3 is 0 Å². The topological polar surface area (TPSA) is 6.48 Å². The van der Waals surface area contributed by atoms with Crippen LogP contribution in [0.3, 0.4) is 0 Å². The van der Waals surface area contributed by atoms with Crippen LogP contribution in [0.4, 0.5) is 0 Å². The molecule has 0 bridgehead atoms. The van der Waals surface area contributed by atoms with E-state index >= 15 is 0 Å². The van der Waals surface area contributed by atoms with Crippen LogP contribution in [0.25, 0.3) is 0 Å². The summed E-state index contributed by atoms with van der Waals surface area (Å²) in [7, 11) is 2.23. The Balaban J connectivity index is 2.17. The van der Waals surface area contributed by atoms with E-state index < -0.39 is 0 Å². The van der Waals surface area contributed by atoms with Crippen molar-refractivity contribution in [3.63, 3.8) is 0 Å². The molecule has 0 atom stereocenters. The molecule has 2 nitrogen and oxygen atoms in total. The molecule has 0 aromatic heterocycles. The highest BCUT2D eigenvalue weighted by Gasteiger charge is 2.23. The van der Waals surface area contributed by atoms with Gasteiger partial charge in [0.25, 0.3) is 0 Å². The Hall–Kier alpha value is -1.64. The molecule has 1 fully saturated rings. The predicted octanol–water partition coefficient (Wildman–Crippen LogP) is 4.58. The van der Waals surface area contributed by atoms with Gasteiger partial charge in [0.1, 0.15) is 0 Å². The highest BCUT2D eigenvalue weighted by molar-refractivity contribution is 5.27. The molecule has 2 heteroatoms. The summed E-state index contributed by atoms with van der Waals surface area (Å²) in [6.07, 6.45) is 10.9. The number of benzene rings is 1. The zero-order valence-corrected chi connectivity index (χ0v) is 15.5. The van der Waals surface area contributed by atoms with E-state index in [-0.39, 0.29) is 0 Å². The highest BCUT2D eigenvalue weighted by Crippen LogP contribution is 2.21. The van der Waals surface area contributed by atoms with Gasteiger partial charge in [-0.15, -0.1) is 0 Å². The number of nitrogens with zero attached hydrogens (tertiary/aromatic N) is 2. The Kier molecular flexibility index (Phi) is 7.48. The molecule has 1 heterocycles. The van der Waals surface area contributed by atoms with Gasteiger partial charge in [-0.2, -0.15) is 0 Å². The number of hydrogen-bond acceptors (Lipinski definition) is 2. The molecule has 2 rings (SSSR count). The Bertz CT molecular complexity index is 577. The van der Waals surface area contributed by atoms with E-state index in [4.69, 9.17) is 0 Å². The molecule has 0 amide bonds. The maximum absolute atomic E-state index is 4.01. The molecular formula is C22H32N2. The summed E-state index contributed by atoms with van der Waals surface area (Å²) in [4.78, 5) is 5.08. The molecule has 1 aromatic rings. The van der Waals surface area contributed by atoms with Crippen LogP contribution >= 0.6 is 0 Å². The zero-order valence-electron chi connectivity index (χ0n) is 15.5. The fourth-order valence-corrected chi connectivity index (χ4v) is 3.32. The molecule has 0 aliphatic carbocycles. The Morgan fingerprint density at radius 1 is 1.29 bits per heavy atom. The van der Waals surface area contributed by atoms with Crippen molar-refractivity contribution in [1.29, 1.82) is 0 Å². The van der Waals surface area contributed by atoms with Gasteiger partial charge in [0, 0.05) is 19.1 Å². The van der Waals surface area contributed by atoms with Crippen molar-refractivity contribution in [3.05, 3.63) is 71.8 Å². The molecule has 0 unspecified atom stereocenters. The summed E-state index contributed by atoms with van der Waals surface area (Å²) in [6, 6.07) is 9.40. The van der Waals surface area contributed by atoms with Crippen molar-refractivity contribution in [2.75, 3.05) is 26.7 Å². The first-order chi connectivity index (χ1) is 11.6. The van der Waals surface area contributed by atoms with Gasteiger partial charge < -0.3 is 4.90 Å². The van der Waals surface area contributed by atoms with Crippen LogP contribution in [0.1, 0.15) is 30.9 Å². The van der Waals surface area contributed by atoms with Crippen LogP contribution in [-0.2, 0) is 6.54 Å². The molecule has 0 radical (unpaired) electrons. The van der Waals surface area contributed by atoms with Crippen molar-refractivity contribution in [2.45, 2.75) is 39.3 Å². The first kappa shape index (κ1) is 18.7. The third-order valence-electron chi connectivity index (χ3n) is 4.99. The second-order valence-corrected chi connectivity index (χ2v) is 6.84. The minimum absolute atomic E-state index is 0.648. The normalized spacial score (nSPS) is 17.8. The van der Waals surface area contributed by atoms with Crippen molar-refractivity contribution in [3.8, 4) is 0 Å². The van der Waals surface area contributed by atoms with E-state index in [1.54, 1.807) is 0 Å². The summed E-state index contributed by atoms with van der Waals surface area (Å²) >= 11 is 0. The standard InChI is InChI=1S/C22H32N2/c1-5-7-11-20(6-2)17-24(22-13-15-23(4)16-14-22)18-21-12-9-8-10-19(21)3/h5-12,22H,2,13-18H2,1,3-4H3/b7-5-,20-11+. The largest absolute Gasteiger partial charge is 0.306 e. The van der Waals surface area contributed by atoms with Gasteiger partial charge in [0.05, 0.1) is 0 Å². The summed E-state index contributed by atoms with van der Waals surface area (Å²) in [5.41, 5.74) is 4.11. The van der Waals surface area contributed by atoms with Gasteiger partial charge in [-0.3, -0.25) is 4.90 Å². The molecule has 130 valence electrons. The van der Waals surface area contributed by atoms with Crippen LogP contribution in [0, 0.1) is 6.92 Å². The van der Waals surface area contributed by atoms with E-state index in [2.05, 4.69) is 79.8 Å². The van der Waals surface area contributed by atoms with Gasteiger partial charge in [-0.1, -0.05) is 55.1 Å². The second kappa shape index (κ2) is 9.61. The third kappa shape index (κ3) is 5.47. The number of aryl methyl sites for hydroxylation is 1. The van der Waals surface area contributed by atoms with Crippen molar-refractivity contribution < 1.29 is 0 Å². The maximum atomic E-state index is 4.01. The average Bonchev–Trinajstić information content (AvgIpc) is 2.60. The van der Waals surface area contributed by atoms with Crippen LogP contribution in [0.5, 0.6) is 0 Å². The van der Waals surface area contributed by atoms with Gasteiger partial charge in [-0.05, 0) is 63.5 Å². The third-order valence-corrected chi connectivity index (χ3v) is 4.99. The monoisotopic (exact) mass is 324 g/mol. The number of allylic oxidation sites excluding steroid dienone is 3. The smallest absolute Gasteiger partial charge is 0.0242 e. The Morgan fingerprint density at radius 2 is 2.00 bits per heavy atom. The number of rotatable bonds is 7. The molecule has 1 aliphatic heterocycles. The average molecular weight is 325 g/mol.